The summed E-state index contributed by atoms with van der Waals surface area (Å²) in [5.41, 5.74) is 4.48. The number of phenolic OH excluding ortho intramolecular Hbond substituents is 1. The second-order valence-corrected chi connectivity index (χ2v) is 7.42. The van der Waals surface area contributed by atoms with Crippen LogP contribution in [-0.4, -0.2) is 10.1 Å². The molecule has 0 saturated heterocycles. The lowest BCUT2D eigenvalue weighted by atomic mass is 9.99. The van der Waals surface area contributed by atoms with Gasteiger partial charge < -0.3 is 10.1 Å². The van der Waals surface area contributed by atoms with Crippen LogP contribution in [0, 0.1) is 0 Å². The van der Waals surface area contributed by atoms with Crippen LogP contribution in [0.5, 0.6) is 5.75 Å². The Labute approximate surface area is 154 Å². The quantitative estimate of drug-likeness (QED) is 0.493. The van der Waals surface area contributed by atoms with Crippen molar-refractivity contribution in [3.05, 3.63) is 93.0 Å². The molecule has 4 heteroatoms. The number of aromatic hydroxyl groups is 1. The number of hydrogen-bond donors (Lipinski definition) is 2. The van der Waals surface area contributed by atoms with Crippen molar-refractivity contribution in [1.29, 1.82) is 0 Å². The standard InChI is InChI=1S/C22H15NO2S/c24-15-5-3-4-14(12-15)22-19-13(10-11-26-22)8-9-18-20(21(19)25)16-6-1-2-7-17(16)23-18/h1-12,22-24H. The molecule has 0 bridgehead atoms. The number of nitrogens with one attached hydrogen (secondary N) is 1. The molecule has 2 heterocycles. The molecule has 1 aliphatic rings. The first kappa shape index (κ1) is 15.3. The van der Waals surface area contributed by atoms with E-state index < -0.39 is 0 Å². The predicted molar refractivity (Wildman–Crippen MR) is 109 cm³/mol. The summed E-state index contributed by atoms with van der Waals surface area (Å²) in [6, 6.07) is 19.0. The normalized spacial score (nSPS) is 16.1. The van der Waals surface area contributed by atoms with Gasteiger partial charge in [0.05, 0.1) is 16.2 Å². The SMILES string of the molecule is O=c1c2c(ccc3[nH]c4ccccc4c13)C=CSC2c1cccc(O)c1. The fourth-order valence-corrected chi connectivity index (χ4v) is 4.73. The van der Waals surface area contributed by atoms with Gasteiger partial charge in [-0.05, 0) is 46.9 Å². The van der Waals surface area contributed by atoms with Crippen LogP contribution in [0.2, 0.25) is 0 Å². The topological polar surface area (TPSA) is 53.1 Å². The highest BCUT2D eigenvalue weighted by molar-refractivity contribution is 8.02. The largest absolute Gasteiger partial charge is 0.508 e. The van der Waals surface area contributed by atoms with Crippen LogP contribution >= 0.6 is 11.8 Å². The highest BCUT2D eigenvalue weighted by atomic mass is 32.2. The van der Waals surface area contributed by atoms with Gasteiger partial charge in [0.25, 0.3) is 0 Å². The molecule has 0 spiro atoms. The molecule has 4 aromatic rings. The number of benzene rings is 2. The lowest BCUT2D eigenvalue weighted by Gasteiger charge is -2.19. The molecule has 0 amide bonds. The summed E-state index contributed by atoms with van der Waals surface area (Å²) in [5.74, 6) is 0.212. The Morgan fingerprint density at radius 3 is 2.73 bits per heavy atom. The van der Waals surface area contributed by atoms with Crippen molar-refractivity contribution in [2.45, 2.75) is 5.25 Å². The third kappa shape index (κ3) is 2.26. The summed E-state index contributed by atoms with van der Waals surface area (Å²) in [5, 5.41) is 13.4. The average molecular weight is 357 g/mol. The molecule has 2 N–H and O–H groups in total. The second-order valence-electron chi connectivity index (χ2n) is 6.40. The maximum atomic E-state index is 13.6. The monoisotopic (exact) mass is 357 g/mol. The Balaban J connectivity index is 1.88. The molecule has 126 valence electrons. The summed E-state index contributed by atoms with van der Waals surface area (Å²) in [4.78, 5) is 16.9. The van der Waals surface area contributed by atoms with E-state index in [-0.39, 0.29) is 16.4 Å². The summed E-state index contributed by atoms with van der Waals surface area (Å²) in [6.45, 7) is 0. The Bertz CT molecular complexity index is 1260. The first-order valence-electron chi connectivity index (χ1n) is 8.41. The molecule has 0 saturated carbocycles. The molecule has 0 radical (unpaired) electrons. The van der Waals surface area contributed by atoms with E-state index >= 15 is 0 Å². The Hall–Kier alpha value is -2.98. The van der Waals surface area contributed by atoms with Crippen molar-refractivity contribution in [2.24, 2.45) is 0 Å². The molecule has 0 aliphatic carbocycles. The van der Waals surface area contributed by atoms with Gasteiger partial charge in [-0.3, -0.25) is 4.79 Å². The van der Waals surface area contributed by atoms with Gasteiger partial charge in [-0.1, -0.05) is 36.4 Å². The van der Waals surface area contributed by atoms with Gasteiger partial charge in [-0.25, -0.2) is 0 Å². The van der Waals surface area contributed by atoms with Gasteiger partial charge >= 0.3 is 0 Å². The Kier molecular flexibility index (Phi) is 3.40. The molecule has 5 rings (SSSR count). The van der Waals surface area contributed by atoms with Crippen LogP contribution in [0.4, 0.5) is 0 Å². The fraction of sp³-hybridized carbons (Fsp3) is 0.0455. The molecular weight excluding hydrogens is 342 g/mol. The Morgan fingerprint density at radius 1 is 0.962 bits per heavy atom. The minimum absolute atomic E-state index is 0.0441. The molecule has 3 aromatic carbocycles. The van der Waals surface area contributed by atoms with E-state index in [1.165, 1.54) is 0 Å². The number of fused-ring (bicyclic) bond motifs is 4. The van der Waals surface area contributed by atoms with Gasteiger partial charge in [0, 0.05) is 16.5 Å². The van der Waals surface area contributed by atoms with E-state index in [0.29, 0.717) is 0 Å². The fourth-order valence-electron chi connectivity index (χ4n) is 3.67. The minimum Gasteiger partial charge on any atom is -0.508 e. The zero-order chi connectivity index (χ0) is 17.7. The van der Waals surface area contributed by atoms with Gasteiger partial charge in [0.2, 0.25) is 0 Å². The highest BCUT2D eigenvalue weighted by Gasteiger charge is 2.24. The molecule has 26 heavy (non-hydrogen) atoms. The van der Waals surface area contributed by atoms with Crippen molar-refractivity contribution in [3.8, 4) is 5.75 Å². The van der Waals surface area contributed by atoms with Gasteiger partial charge in [0.15, 0.2) is 5.43 Å². The van der Waals surface area contributed by atoms with E-state index in [2.05, 4.69) is 4.98 Å². The molecular formula is C22H15NO2S. The molecule has 3 nitrogen and oxygen atoms in total. The maximum absolute atomic E-state index is 13.6. The van der Waals surface area contributed by atoms with Gasteiger partial charge in [-0.15, -0.1) is 11.8 Å². The van der Waals surface area contributed by atoms with E-state index in [4.69, 9.17) is 0 Å². The van der Waals surface area contributed by atoms with Crippen LogP contribution < -0.4 is 5.43 Å². The zero-order valence-electron chi connectivity index (χ0n) is 13.8. The van der Waals surface area contributed by atoms with E-state index in [0.717, 1.165) is 38.5 Å². The number of H-pyrrole nitrogens is 1. The second kappa shape index (κ2) is 5.78. The molecule has 1 aromatic heterocycles. The number of para-hydroxylation sites is 1. The predicted octanol–water partition coefficient (Wildman–Crippen LogP) is 5.19. The van der Waals surface area contributed by atoms with Crippen molar-refractivity contribution in [1.82, 2.24) is 4.98 Å². The first-order chi connectivity index (χ1) is 12.7. The molecule has 1 unspecified atom stereocenters. The van der Waals surface area contributed by atoms with Crippen LogP contribution in [0.15, 0.2) is 70.9 Å². The third-order valence-corrected chi connectivity index (χ3v) is 5.92. The number of thioether (sulfide) groups is 1. The number of rotatable bonds is 1. The summed E-state index contributed by atoms with van der Waals surface area (Å²) < 4.78 is 0. The summed E-state index contributed by atoms with van der Waals surface area (Å²) in [6.07, 6.45) is 1.99. The lowest BCUT2D eigenvalue weighted by molar-refractivity contribution is 0.474. The first-order valence-corrected chi connectivity index (χ1v) is 9.35. The summed E-state index contributed by atoms with van der Waals surface area (Å²) in [7, 11) is 0. The van der Waals surface area contributed by atoms with Crippen molar-refractivity contribution in [3.63, 3.8) is 0 Å². The number of hydrogen-bond acceptors (Lipinski definition) is 3. The Morgan fingerprint density at radius 2 is 1.85 bits per heavy atom. The smallest absolute Gasteiger partial charge is 0.193 e. The van der Waals surface area contributed by atoms with Crippen LogP contribution in [0.3, 0.4) is 0 Å². The maximum Gasteiger partial charge on any atom is 0.193 e. The number of phenols is 1. The van der Waals surface area contributed by atoms with Crippen molar-refractivity contribution in [2.75, 3.05) is 0 Å². The highest BCUT2D eigenvalue weighted by Crippen LogP contribution is 2.41. The van der Waals surface area contributed by atoms with Crippen molar-refractivity contribution < 1.29 is 5.11 Å². The van der Waals surface area contributed by atoms with Crippen LogP contribution in [-0.2, 0) is 0 Å². The number of aromatic amines is 1. The van der Waals surface area contributed by atoms with E-state index in [1.54, 1.807) is 23.9 Å². The van der Waals surface area contributed by atoms with Crippen LogP contribution in [0.25, 0.3) is 27.9 Å². The van der Waals surface area contributed by atoms with Crippen LogP contribution in [0.1, 0.15) is 21.9 Å². The average Bonchev–Trinajstić information content (AvgIpc) is 2.97. The van der Waals surface area contributed by atoms with Gasteiger partial charge in [-0.2, -0.15) is 0 Å². The molecule has 1 aliphatic heterocycles. The van der Waals surface area contributed by atoms with Crippen molar-refractivity contribution >= 4 is 39.6 Å². The summed E-state index contributed by atoms with van der Waals surface area (Å²) >= 11 is 1.59. The molecule has 0 fully saturated rings. The minimum atomic E-state index is -0.140. The number of aromatic nitrogens is 1. The van der Waals surface area contributed by atoms with Gasteiger partial charge in [0.1, 0.15) is 5.75 Å². The molecule has 1 atom stereocenters. The van der Waals surface area contributed by atoms with E-state index in [1.807, 2.05) is 60.0 Å². The zero-order valence-corrected chi connectivity index (χ0v) is 14.6. The lowest BCUT2D eigenvalue weighted by Crippen LogP contribution is -2.13. The van der Waals surface area contributed by atoms with E-state index in [9.17, 15) is 9.90 Å². The third-order valence-electron chi connectivity index (χ3n) is 4.84.